The van der Waals surface area contributed by atoms with Gasteiger partial charge in [-0.1, -0.05) is 6.07 Å². The zero-order chi connectivity index (χ0) is 36.6. The molecule has 3 heterocycles. The zero-order valence-corrected chi connectivity index (χ0v) is 25.7. The van der Waals surface area contributed by atoms with Crippen molar-refractivity contribution in [1.82, 2.24) is 25.1 Å². The number of alkyl halides is 5. The summed E-state index contributed by atoms with van der Waals surface area (Å²) >= 11 is 0. The molecule has 7 rings (SSSR count). The number of benzene rings is 2. The highest BCUT2D eigenvalue weighted by molar-refractivity contribution is 5.95. The molecule has 3 atom stereocenters. The van der Waals surface area contributed by atoms with Gasteiger partial charge in [0.2, 0.25) is 11.6 Å². The molecular weight excluding hydrogens is 694 g/mol. The summed E-state index contributed by atoms with van der Waals surface area (Å²) in [5, 5.41) is 15.2. The summed E-state index contributed by atoms with van der Waals surface area (Å²) in [6.07, 6.45) is -5.48. The van der Waals surface area contributed by atoms with E-state index in [0.717, 1.165) is 24.3 Å². The van der Waals surface area contributed by atoms with E-state index < -0.39 is 101 Å². The second-order valence-electron chi connectivity index (χ2n) is 12.2. The molecule has 10 nitrogen and oxygen atoms in total. The van der Waals surface area contributed by atoms with E-state index in [1.165, 1.54) is 12.1 Å². The fraction of sp³-hybridized carbons (Fsp3) is 0.273. The maximum atomic E-state index is 15.4. The lowest BCUT2D eigenvalue weighted by Gasteiger charge is -2.34. The van der Waals surface area contributed by atoms with Gasteiger partial charge in [0.05, 0.1) is 17.3 Å². The predicted octanol–water partition coefficient (Wildman–Crippen LogP) is 6.19. The Morgan fingerprint density at radius 3 is 2.43 bits per heavy atom. The van der Waals surface area contributed by atoms with E-state index in [4.69, 9.17) is 10.2 Å². The molecule has 2 amide bonds. The molecule has 51 heavy (non-hydrogen) atoms. The fourth-order valence-electron chi connectivity index (χ4n) is 6.82. The van der Waals surface area contributed by atoms with Gasteiger partial charge in [0, 0.05) is 23.1 Å². The average Bonchev–Trinajstić information content (AvgIpc) is 3.64. The van der Waals surface area contributed by atoms with Gasteiger partial charge in [0.25, 0.3) is 11.8 Å². The second kappa shape index (κ2) is 11.9. The Hall–Kier alpha value is -5.86. The van der Waals surface area contributed by atoms with Gasteiger partial charge in [-0.3, -0.25) is 14.3 Å². The molecule has 3 N–H and O–H groups in total. The van der Waals surface area contributed by atoms with E-state index in [1.54, 1.807) is 6.07 Å². The van der Waals surface area contributed by atoms with Crippen molar-refractivity contribution in [2.24, 2.45) is 11.7 Å². The Bertz CT molecular complexity index is 2290. The van der Waals surface area contributed by atoms with E-state index >= 15 is 8.78 Å². The van der Waals surface area contributed by atoms with Crippen molar-refractivity contribution in [1.29, 1.82) is 5.26 Å². The van der Waals surface area contributed by atoms with E-state index in [9.17, 15) is 41.2 Å². The van der Waals surface area contributed by atoms with E-state index in [1.807, 2.05) is 0 Å². The average molecular weight is 716 g/mol. The van der Waals surface area contributed by atoms with Gasteiger partial charge in [-0.05, 0) is 66.6 Å². The van der Waals surface area contributed by atoms with Crippen LogP contribution in [0, 0.1) is 34.7 Å². The highest BCUT2D eigenvalue weighted by Gasteiger charge is 2.63. The monoisotopic (exact) mass is 715 g/mol. The van der Waals surface area contributed by atoms with Gasteiger partial charge in [0.1, 0.15) is 35.2 Å². The molecule has 0 spiro atoms. The predicted molar refractivity (Wildman–Crippen MR) is 158 cm³/mol. The summed E-state index contributed by atoms with van der Waals surface area (Å²) in [4.78, 5) is 34.0. The lowest BCUT2D eigenvalue weighted by atomic mass is 9.73. The van der Waals surface area contributed by atoms with Crippen molar-refractivity contribution in [2.45, 2.75) is 49.9 Å². The van der Waals surface area contributed by atoms with E-state index in [-0.39, 0.29) is 46.5 Å². The number of aromatic nitrogens is 4. The number of nitriles is 1. The van der Waals surface area contributed by atoms with Crippen LogP contribution in [0.5, 0.6) is 0 Å². The van der Waals surface area contributed by atoms with Crippen LogP contribution in [0.2, 0.25) is 0 Å². The fourth-order valence-corrected chi connectivity index (χ4v) is 6.82. The largest absolute Gasteiger partial charge is 0.435 e. The second-order valence-corrected chi connectivity index (χ2v) is 12.2. The zero-order valence-electron chi connectivity index (χ0n) is 25.7. The lowest BCUT2D eigenvalue weighted by Crippen LogP contribution is -2.36. The van der Waals surface area contributed by atoms with Crippen LogP contribution in [0.4, 0.5) is 35.1 Å². The standard InChI is InChI=1S/C33H21F8N7O3/c34-15-5-13(6-16(35)9-15)7-22(44-24(49)12-48-29-26(28(47-48)33(39,40)41)17-2-3-20(17)32(29,37)38)27-18(10-23-31(46-27)51-25(11-42)45-23)14-1-4-21(36)19(8-14)30(43)50/h1,4-6,8-10,17,20,22H,2-3,7,12H2,(H2,43,50)(H,44,49)/t17-,20+,22-/m0/s1. The van der Waals surface area contributed by atoms with Gasteiger partial charge in [-0.2, -0.15) is 37.3 Å². The topological polar surface area (TPSA) is 153 Å². The maximum absolute atomic E-state index is 15.4. The Kier molecular flexibility index (Phi) is 7.84. The number of nitrogens with one attached hydrogen (secondary N) is 1. The van der Waals surface area contributed by atoms with E-state index in [2.05, 4.69) is 20.4 Å². The number of primary amides is 1. The number of pyridine rings is 1. The van der Waals surface area contributed by atoms with Gasteiger partial charge in [-0.15, -0.1) is 0 Å². The summed E-state index contributed by atoms with van der Waals surface area (Å²) in [6.45, 7) is -1.12. The number of rotatable bonds is 8. The van der Waals surface area contributed by atoms with Crippen LogP contribution < -0.4 is 11.1 Å². The molecule has 262 valence electrons. The highest BCUT2D eigenvalue weighted by Crippen LogP contribution is 2.64. The van der Waals surface area contributed by atoms with E-state index in [0.29, 0.717) is 10.7 Å². The SMILES string of the molecule is N#Cc1nc2cc(-c3ccc(F)c(C(N)=O)c3)c([C@H](Cc3cc(F)cc(F)c3)NC(=O)Cn3nc(C(F)(F)F)c4c3C(F)(F)[C@@H]3CC[C@H]43)nc2o1. The minimum atomic E-state index is -5.09. The van der Waals surface area contributed by atoms with Crippen LogP contribution in [-0.4, -0.2) is 31.6 Å². The Morgan fingerprint density at radius 2 is 1.80 bits per heavy atom. The Morgan fingerprint density at radius 1 is 1.08 bits per heavy atom. The number of hydrogen-bond donors (Lipinski definition) is 2. The first-order valence-corrected chi connectivity index (χ1v) is 15.2. The summed E-state index contributed by atoms with van der Waals surface area (Å²) in [6, 6.07) is 7.14. The first-order chi connectivity index (χ1) is 24.0. The Labute approximate surface area is 280 Å². The molecule has 0 unspecified atom stereocenters. The number of nitrogens with zero attached hydrogens (tertiary/aromatic N) is 5. The normalized spacial score (nSPS) is 18.1. The van der Waals surface area contributed by atoms with Gasteiger partial charge in [0.15, 0.2) is 11.8 Å². The minimum absolute atomic E-state index is 0.0132. The molecule has 0 radical (unpaired) electrons. The lowest BCUT2D eigenvalue weighted by molar-refractivity contribution is -0.144. The number of halogens is 8. The van der Waals surface area contributed by atoms with Crippen LogP contribution in [0.1, 0.15) is 69.3 Å². The Balaban J connectivity index is 1.35. The van der Waals surface area contributed by atoms with Gasteiger partial charge < -0.3 is 15.5 Å². The van der Waals surface area contributed by atoms with Gasteiger partial charge in [-0.25, -0.2) is 18.2 Å². The molecule has 18 heteroatoms. The molecule has 0 aliphatic heterocycles. The number of nitrogens with two attached hydrogens (primary N) is 1. The molecule has 2 aromatic carbocycles. The molecule has 1 saturated carbocycles. The number of fused-ring (bicyclic) bond motifs is 4. The maximum Gasteiger partial charge on any atom is 0.435 e. The highest BCUT2D eigenvalue weighted by atomic mass is 19.4. The summed E-state index contributed by atoms with van der Waals surface area (Å²) < 4.78 is 122. The van der Waals surface area contributed by atoms with Gasteiger partial charge >= 0.3 is 12.1 Å². The van der Waals surface area contributed by atoms with Crippen LogP contribution in [0.15, 0.2) is 46.9 Å². The minimum Gasteiger partial charge on any atom is -0.409 e. The molecular formula is C33H21F8N7O3. The van der Waals surface area contributed by atoms with Crippen molar-refractivity contribution in [3.8, 4) is 17.2 Å². The van der Waals surface area contributed by atoms with Crippen LogP contribution in [0.25, 0.3) is 22.4 Å². The number of hydrogen-bond acceptors (Lipinski definition) is 7. The van der Waals surface area contributed by atoms with Crippen molar-refractivity contribution >= 4 is 23.0 Å². The number of amides is 2. The third-order valence-electron chi connectivity index (χ3n) is 9.06. The molecule has 1 fully saturated rings. The first-order valence-electron chi connectivity index (χ1n) is 15.2. The summed E-state index contributed by atoms with van der Waals surface area (Å²) in [7, 11) is 0. The molecule has 0 saturated heterocycles. The first kappa shape index (κ1) is 33.6. The van der Waals surface area contributed by atoms with Crippen molar-refractivity contribution in [3.63, 3.8) is 0 Å². The quantitative estimate of drug-likeness (QED) is 0.182. The molecule has 5 aromatic rings. The van der Waals surface area contributed by atoms with Crippen molar-refractivity contribution in [3.05, 3.63) is 99.6 Å². The number of carbonyl (C=O) groups is 2. The summed E-state index contributed by atoms with van der Waals surface area (Å²) in [5.74, 6) is -11.9. The van der Waals surface area contributed by atoms with Crippen LogP contribution in [0.3, 0.4) is 0 Å². The number of oxazole rings is 1. The number of carbonyl (C=O) groups excluding carboxylic acids is 2. The molecule has 2 aliphatic carbocycles. The van der Waals surface area contributed by atoms with Crippen LogP contribution >= 0.6 is 0 Å². The van der Waals surface area contributed by atoms with Crippen LogP contribution in [-0.2, 0) is 29.9 Å². The smallest absolute Gasteiger partial charge is 0.409 e. The summed E-state index contributed by atoms with van der Waals surface area (Å²) in [5.41, 5.74) is 1.18. The molecule has 0 bridgehead atoms. The molecule has 2 aliphatic rings. The third-order valence-corrected chi connectivity index (χ3v) is 9.06. The molecule has 3 aromatic heterocycles. The van der Waals surface area contributed by atoms with Crippen molar-refractivity contribution in [2.75, 3.05) is 0 Å². The van der Waals surface area contributed by atoms with Crippen molar-refractivity contribution < 1.29 is 49.1 Å². The third kappa shape index (κ3) is 5.81.